The molecule has 1 unspecified atom stereocenters. The topological polar surface area (TPSA) is 66.4 Å². The van der Waals surface area contributed by atoms with Crippen molar-refractivity contribution in [2.24, 2.45) is 0 Å². The average Bonchev–Trinajstić information content (AvgIpc) is 2.49. The Kier molecular flexibility index (Phi) is 5.15. The Labute approximate surface area is 129 Å². The van der Waals surface area contributed by atoms with Crippen molar-refractivity contribution in [1.29, 1.82) is 0 Å². The number of anilines is 1. The Bertz CT molecular complexity index is 732. The van der Waals surface area contributed by atoms with E-state index in [9.17, 15) is 17.9 Å². The summed E-state index contributed by atoms with van der Waals surface area (Å²) in [6.07, 6.45) is 0. The molecule has 2 aromatic carbocycles. The van der Waals surface area contributed by atoms with Crippen LogP contribution in [0, 0.1) is 5.82 Å². The highest BCUT2D eigenvalue weighted by molar-refractivity contribution is 7.92. The molecule has 0 fully saturated rings. The highest BCUT2D eigenvalue weighted by Gasteiger charge is 2.20. The summed E-state index contributed by atoms with van der Waals surface area (Å²) >= 11 is 0. The molecule has 0 aliphatic carbocycles. The van der Waals surface area contributed by atoms with Crippen molar-refractivity contribution in [1.82, 2.24) is 0 Å². The molecule has 4 nitrogen and oxygen atoms in total. The maximum atomic E-state index is 13.8. The molecule has 0 amide bonds. The second kappa shape index (κ2) is 6.89. The fraction of sp³-hybridized carbons (Fsp3) is 0.250. The summed E-state index contributed by atoms with van der Waals surface area (Å²) in [6.45, 7) is 1.35. The molecule has 0 aliphatic heterocycles. The van der Waals surface area contributed by atoms with E-state index in [1.54, 1.807) is 6.92 Å². The van der Waals surface area contributed by atoms with Gasteiger partial charge in [-0.05, 0) is 17.5 Å². The van der Waals surface area contributed by atoms with Crippen LogP contribution < -0.4 is 4.72 Å². The monoisotopic (exact) mass is 323 g/mol. The molecule has 0 heterocycles. The van der Waals surface area contributed by atoms with Gasteiger partial charge in [-0.25, -0.2) is 12.8 Å². The number of hydrogen-bond donors (Lipinski definition) is 2. The third-order valence-electron chi connectivity index (χ3n) is 3.37. The van der Waals surface area contributed by atoms with E-state index in [0.717, 1.165) is 11.6 Å². The molecule has 1 atom stereocenters. The molecule has 2 N–H and O–H groups in total. The minimum absolute atomic E-state index is 0.170. The lowest BCUT2D eigenvalue weighted by molar-refractivity contribution is 0.282. The summed E-state index contributed by atoms with van der Waals surface area (Å²) in [5.74, 6) is -1.11. The lowest BCUT2D eigenvalue weighted by Crippen LogP contribution is -2.22. The molecule has 22 heavy (non-hydrogen) atoms. The smallest absolute Gasteiger partial charge is 0.233 e. The zero-order chi connectivity index (χ0) is 16.2. The van der Waals surface area contributed by atoms with E-state index in [1.807, 2.05) is 30.3 Å². The van der Waals surface area contributed by atoms with Crippen molar-refractivity contribution in [3.63, 3.8) is 0 Å². The second-order valence-corrected chi connectivity index (χ2v) is 6.89. The van der Waals surface area contributed by atoms with Gasteiger partial charge in [0, 0.05) is 5.56 Å². The summed E-state index contributed by atoms with van der Waals surface area (Å²) in [5.41, 5.74) is 0.907. The number of hydrogen-bond acceptors (Lipinski definition) is 3. The molecule has 2 rings (SSSR count). The standard InChI is InChI=1S/C16H18FNO3S/c1-12(13-6-3-2-4-7-13)11-22(20,21)18-16-14(10-19)8-5-9-15(16)17/h2-9,12,18-19H,10-11H2,1H3. The maximum absolute atomic E-state index is 13.8. The van der Waals surface area contributed by atoms with Gasteiger partial charge in [-0.1, -0.05) is 49.4 Å². The van der Waals surface area contributed by atoms with Crippen LogP contribution in [0.4, 0.5) is 10.1 Å². The molecular formula is C16H18FNO3S. The molecule has 0 saturated heterocycles. The van der Waals surface area contributed by atoms with Gasteiger partial charge in [0.05, 0.1) is 18.0 Å². The first-order valence-electron chi connectivity index (χ1n) is 6.86. The van der Waals surface area contributed by atoms with Crippen LogP contribution >= 0.6 is 0 Å². The van der Waals surface area contributed by atoms with E-state index < -0.39 is 22.4 Å². The summed E-state index contributed by atoms with van der Waals surface area (Å²) in [4.78, 5) is 0. The molecule has 2 aromatic rings. The lowest BCUT2D eigenvalue weighted by atomic mass is 10.0. The van der Waals surface area contributed by atoms with Crippen molar-refractivity contribution in [2.45, 2.75) is 19.4 Å². The van der Waals surface area contributed by atoms with Crippen LogP contribution in [0.3, 0.4) is 0 Å². The number of aliphatic hydroxyl groups excluding tert-OH is 1. The number of aliphatic hydroxyl groups is 1. The first-order chi connectivity index (χ1) is 10.4. The number of halogens is 1. The molecule has 0 spiro atoms. The Balaban J connectivity index is 2.19. The second-order valence-electron chi connectivity index (χ2n) is 5.13. The van der Waals surface area contributed by atoms with Crippen molar-refractivity contribution >= 4 is 15.7 Å². The van der Waals surface area contributed by atoms with E-state index >= 15 is 0 Å². The Morgan fingerprint density at radius 3 is 2.45 bits per heavy atom. The van der Waals surface area contributed by atoms with Crippen LogP contribution in [0.5, 0.6) is 0 Å². The van der Waals surface area contributed by atoms with Crippen LogP contribution in [0.15, 0.2) is 48.5 Å². The van der Waals surface area contributed by atoms with Gasteiger partial charge in [-0.15, -0.1) is 0 Å². The van der Waals surface area contributed by atoms with Crippen LogP contribution in [0.25, 0.3) is 0 Å². The summed E-state index contributed by atoms with van der Waals surface area (Å²) in [7, 11) is -3.74. The summed E-state index contributed by atoms with van der Waals surface area (Å²) in [6, 6.07) is 13.3. The molecule has 0 aromatic heterocycles. The molecule has 0 saturated carbocycles. The zero-order valence-corrected chi connectivity index (χ0v) is 13.0. The van der Waals surface area contributed by atoms with Crippen molar-refractivity contribution in [3.8, 4) is 0 Å². The van der Waals surface area contributed by atoms with Gasteiger partial charge in [0.1, 0.15) is 5.82 Å². The Morgan fingerprint density at radius 1 is 1.14 bits per heavy atom. The lowest BCUT2D eigenvalue weighted by Gasteiger charge is -2.16. The van der Waals surface area contributed by atoms with E-state index in [4.69, 9.17) is 0 Å². The molecule has 0 radical (unpaired) electrons. The first kappa shape index (κ1) is 16.5. The van der Waals surface area contributed by atoms with Crippen molar-refractivity contribution in [3.05, 3.63) is 65.5 Å². The number of para-hydroxylation sites is 1. The molecule has 0 bridgehead atoms. The minimum atomic E-state index is -3.74. The molecule has 6 heteroatoms. The Morgan fingerprint density at radius 2 is 1.82 bits per heavy atom. The largest absolute Gasteiger partial charge is 0.392 e. The normalized spacial score (nSPS) is 12.9. The minimum Gasteiger partial charge on any atom is -0.392 e. The van der Waals surface area contributed by atoms with Gasteiger partial charge in [0.2, 0.25) is 10.0 Å². The maximum Gasteiger partial charge on any atom is 0.233 e. The van der Waals surface area contributed by atoms with Gasteiger partial charge >= 0.3 is 0 Å². The number of benzene rings is 2. The highest BCUT2D eigenvalue weighted by atomic mass is 32.2. The number of nitrogens with one attached hydrogen (secondary N) is 1. The molecule has 0 aliphatic rings. The predicted molar refractivity (Wildman–Crippen MR) is 84.6 cm³/mol. The van der Waals surface area contributed by atoms with Gasteiger partial charge < -0.3 is 5.11 Å². The van der Waals surface area contributed by atoms with Crippen LogP contribution in [0.1, 0.15) is 24.0 Å². The number of rotatable bonds is 6. The Hall–Kier alpha value is -1.92. The van der Waals surface area contributed by atoms with Crippen LogP contribution in [-0.2, 0) is 16.6 Å². The van der Waals surface area contributed by atoms with Crippen LogP contribution in [-0.4, -0.2) is 19.3 Å². The van der Waals surface area contributed by atoms with Crippen molar-refractivity contribution in [2.75, 3.05) is 10.5 Å². The van der Waals surface area contributed by atoms with E-state index in [2.05, 4.69) is 4.72 Å². The SMILES string of the molecule is CC(CS(=O)(=O)Nc1c(F)cccc1CO)c1ccccc1. The highest BCUT2D eigenvalue weighted by Crippen LogP contribution is 2.23. The first-order valence-corrected chi connectivity index (χ1v) is 8.52. The predicted octanol–water partition coefficient (Wildman–Crippen LogP) is 2.86. The van der Waals surface area contributed by atoms with Gasteiger partial charge in [-0.3, -0.25) is 4.72 Å². The van der Waals surface area contributed by atoms with Gasteiger partial charge in [-0.2, -0.15) is 0 Å². The zero-order valence-electron chi connectivity index (χ0n) is 12.2. The van der Waals surface area contributed by atoms with E-state index in [-0.39, 0.29) is 22.9 Å². The average molecular weight is 323 g/mol. The van der Waals surface area contributed by atoms with E-state index in [0.29, 0.717) is 0 Å². The fourth-order valence-electron chi connectivity index (χ4n) is 2.22. The molecular weight excluding hydrogens is 305 g/mol. The van der Waals surface area contributed by atoms with Crippen molar-refractivity contribution < 1.29 is 17.9 Å². The fourth-order valence-corrected chi connectivity index (χ4v) is 3.69. The third kappa shape index (κ3) is 4.05. The molecule has 118 valence electrons. The number of sulfonamides is 1. The van der Waals surface area contributed by atoms with E-state index in [1.165, 1.54) is 12.1 Å². The van der Waals surface area contributed by atoms with Gasteiger partial charge in [0.15, 0.2) is 0 Å². The quantitative estimate of drug-likeness (QED) is 0.859. The summed E-state index contributed by atoms with van der Waals surface area (Å²) in [5, 5.41) is 9.20. The van der Waals surface area contributed by atoms with Crippen LogP contribution in [0.2, 0.25) is 0 Å². The van der Waals surface area contributed by atoms with Gasteiger partial charge in [0.25, 0.3) is 0 Å². The summed E-state index contributed by atoms with van der Waals surface area (Å²) < 4.78 is 40.5. The third-order valence-corrected chi connectivity index (χ3v) is 4.82.